The maximum atomic E-state index is 3.34. The molecule has 11 heavy (non-hydrogen) atoms. The number of nitrogens with zero attached hydrogens (tertiary/aromatic N) is 1. The Balaban J connectivity index is 2.71. The van der Waals surface area contributed by atoms with Crippen LogP contribution in [0.5, 0.6) is 0 Å². The van der Waals surface area contributed by atoms with Crippen LogP contribution in [0.15, 0.2) is 11.8 Å². The van der Waals surface area contributed by atoms with Gasteiger partial charge in [-0.3, -0.25) is 0 Å². The van der Waals surface area contributed by atoms with Crippen molar-refractivity contribution >= 4 is 0 Å². The maximum Gasteiger partial charge on any atom is 0.0459 e. The molecule has 0 aromatic carbocycles. The first-order valence-electron chi connectivity index (χ1n) is 4.13. The molecule has 0 saturated carbocycles. The molecule has 1 aliphatic rings. The highest BCUT2D eigenvalue weighted by atomic mass is 15.5. The van der Waals surface area contributed by atoms with Gasteiger partial charge in [0.1, 0.15) is 0 Å². The van der Waals surface area contributed by atoms with E-state index in [0.29, 0.717) is 6.04 Å². The SMILES string of the molecule is CC1C=C(C(C)(C)C)NN1C. The van der Waals surface area contributed by atoms with Crippen molar-refractivity contribution in [3.8, 4) is 0 Å². The maximum absolute atomic E-state index is 3.34. The lowest BCUT2D eigenvalue weighted by Gasteiger charge is -2.23. The van der Waals surface area contributed by atoms with E-state index >= 15 is 0 Å². The Morgan fingerprint density at radius 3 is 2.18 bits per heavy atom. The van der Waals surface area contributed by atoms with E-state index in [1.54, 1.807) is 0 Å². The molecule has 1 aliphatic heterocycles. The molecule has 0 aliphatic carbocycles. The summed E-state index contributed by atoms with van der Waals surface area (Å²) in [4.78, 5) is 0. The van der Waals surface area contributed by atoms with Crippen LogP contribution in [0, 0.1) is 5.41 Å². The Hall–Kier alpha value is -0.500. The molecule has 1 heterocycles. The minimum Gasteiger partial charge on any atom is -0.322 e. The van der Waals surface area contributed by atoms with Gasteiger partial charge in [-0.2, -0.15) is 0 Å². The summed E-state index contributed by atoms with van der Waals surface area (Å²) in [6, 6.07) is 0.518. The number of likely N-dealkylation sites (N-methyl/N-ethyl adjacent to an activating group) is 1. The number of nitrogens with one attached hydrogen (secondary N) is 1. The van der Waals surface area contributed by atoms with E-state index in [1.807, 2.05) is 0 Å². The van der Waals surface area contributed by atoms with Crippen LogP contribution in [0.2, 0.25) is 0 Å². The summed E-state index contributed by atoms with van der Waals surface area (Å²) in [5.74, 6) is 0. The quantitative estimate of drug-likeness (QED) is 0.572. The van der Waals surface area contributed by atoms with Crippen molar-refractivity contribution in [2.24, 2.45) is 5.41 Å². The van der Waals surface area contributed by atoms with E-state index < -0.39 is 0 Å². The van der Waals surface area contributed by atoms with Crippen LogP contribution in [0.3, 0.4) is 0 Å². The Labute approximate surface area is 69.2 Å². The first kappa shape index (κ1) is 8.60. The summed E-state index contributed by atoms with van der Waals surface area (Å²) >= 11 is 0. The lowest BCUT2D eigenvalue weighted by molar-refractivity contribution is 0.242. The van der Waals surface area contributed by atoms with E-state index in [4.69, 9.17) is 0 Å². The fourth-order valence-corrected chi connectivity index (χ4v) is 1.10. The number of hydrogen-bond acceptors (Lipinski definition) is 2. The zero-order valence-corrected chi connectivity index (χ0v) is 8.10. The third-order valence-electron chi connectivity index (χ3n) is 2.12. The number of hydrogen-bond donors (Lipinski definition) is 1. The molecule has 2 heteroatoms. The monoisotopic (exact) mass is 154 g/mol. The van der Waals surface area contributed by atoms with Gasteiger partial charge in [-0.15, -0.1) is 0 Å². The average Bonchev–Trinajstić information content (AvgIpc) is 2.11. The molecule has 1 rings (SSSR count). The van der Waals surface area contributed by atoms with Crippen LogP contribution in [-0.4, -0.2) is 18.1 Å². The summed E-state index contributed by atoms with van der Waals surface area (Å²) in [5.41, 5.74) is 4.91. The zero-order chi connectivity index (χ0) is 8.65. The van der Waals surface area contributed by atoms with E-state index in [1.165, 1.54) is 5.70 Å². The molecule has 1 N–H and O–H groups in total. The Morgan fingerprint density at radius 1 is 1.45 bits per heavy atom. The molecule has 1 unspecified atom stereocenters. The van der Waals surface area contributed by atoms with E-state index in [9.17, 15) is 0 Å². The van der Waals surface area contributed by atoms with Crippen molar-refractivity contribution in [1.82, 2.24) is 10.4 Å². The van der Waals surface area contributed by atoms with E-state index in [0.717, 1.165) is 0 Å². The third kappa shape index (κ3) is 1.74. The summed E-state index contributed by atoms with van der Waals surface area (Å²) in [6.07, 6.45) is 2.28. The fraction of sp³-hybridized carbons (Fsp3) is 0.778. The van der Waals surface area contributed by atoms with Gasteiger partial charge < -0.3 is 5.43 Å². The predicted octanol–water partition coefficient (Wildman–Crippen LogP) is 1.75. The molecule has 0 bridgehead atoms. The van der Waals surface area contributed by atoms with Gasteiger partial charge in [0.25, 0.3) is 0 Å². The Kier molecular flexibility index (Phi) is 1.97. The smallest absolute Gasteiger partial charge is 0.0459 e. The Bertz CT molecular complexity index is 176. The van der Waals surface area contributed by atoms with Crippen LogP contribution in [0.1, 0.15) is 27.7 Å². The molecule has 0 aromatic heterocycles. The van der Waals surface area contributed by atoms with E-state index in [2.05, 4.69) is 51.3 Å². The largest absolute Gasteiger partial charge is 0.322 e. The molecule has 0 aromatic rings. The molecular formula is C9H18N2. The zero-order valence-electron chi connectivity index (χ0n) is 8.10. The average molecular weight is 154 g/mol. The highest BCUT2D eigenvalue weighted by Gasteiger charge is 2.25. The normalized spacial score (nSPS) is 26.6. The molecule has 1 atom stereocenters. The minimum atomic E-state index is 0.249. The molecule has 0 radical (unpaired) electrons. The minimum absolute atomic E-state index is 0.249. The molecule has 64 valence electrons. The van der Waals surface area contributed by atoms with Gasteiger partial charge in [-0.25, -0.2) is 5.01 Å². The van der Waals surface area contributed by atoms with Crippen LogP contribution in [-0.2, 0) is 0 Å². The second kappa shape index (κ2) is 2.52. The second-order valence-corrected chi connectivity index (χ2v) is 4.29. The van der Waals surface area contributed by atoms with Crippen molar-refractivity contribution in [2.45, 2.75) is 33.7 Å². The second-order valence-electron chi connectivity index (χ2n) is 4.29. The van der Waals surface area contributed by atoms with Gasteiger partial charge in [-0.05, 0) is 13.0 Å². The highest BCUT2D eigenvalue weighted by Crippen LogP contribution is 2.26. The van der Waals surface area contributed by atoms with Gasteiger partial charge in [0, 0.05) is 24.2 Å². The summed E-state index contributed by atoms with van der Waals surface area (Å²) in [6.45, 7) is 8.85. The standard InChI is InChI=1S/C9H18N2/c1-7-6-8(9(2,3)4)10-11(7)5/h6-7,10H,1-5H3. The first-order chi connectivity index (χ1) is 4.91. The molecule has 2 nitrogen and oxygen atoms in total. The lowest BCUT2D eigenvalue weighted by Crippen LogP contribution is -2.35. The van der Waals surface area contributed by atoms with Gasteiger partial charge in [0.05, 0.1) is 0 Å². The third-order valence-corrected chi connectivity index (χ3v) is 2.12. The first-order valence-corrected chi connectivity index (χ1v) is 4.13. The highest BCUT2D eigenvalue weighted by molar-refractivity contribution is 5.15. The summed E-state index contributed by atoms with van der Waals surface area (Å²) < 4.78 is 0. The van der Waals surface area contributed by atoms with Crippen LogP contribution in [0.4, 0.5) is 0 Å². The van der Waals surface area contributed by atoms with Gasteiger partial charge in [0.2, 0.25) is 0 Å². The van der Waals surface area contributed by atoms with Crippen molar-refractivity contribution in [3.63, 3.8) is 0 Å². The summed E-state index contributed by atoms with van der Waals surface area (Å²) in [5, 5.41) is 2.13. The van der Waals surface area contributed by atoms with Crippen molar-refractivity contribution in [3.05, 3.63) is 11.8 Å². The van der Waals surface area contributed by atoms with Crippen LogP contribution >= 0.6 is 0 Å². The molecule has 0 amide bonds. The summed E-state index contributed by atoms with van der Waals surface area (Å²) in [7, 11) is 2.07. The van der Waals surface area contributed by atoms with Crippen molar-refractivity contribution < 1.29 is 0 Å². The Morgan fingerprint density at radius 2 is 2.00 bits per heavy atom. The number of hydrazine groups is 1. The molecule has 0 fully saturated rings. The van der Waals surface area contributed by atoms with Gasteiger partial charge in [-0.1, -0.05) is 20.8 Å². The van der Waals surface area contributed by atoms with Crippen LogP contribution < -0.4 is 5.43 Å². The van der Waals surface area contributed by atoms with Gasteiger partial charge in [0.15, 0.2) is 0 Å². The number of rotatable bonds is 0. The van der Waals surface area contributed by atoms with Crippen molar-refractivity contribution in [2.75, 3.05) is 7.05 Å². The predicted molar refractivity (Wildman–Crippen MR) is 47.9 cm³/mol. The van der Waals surface area contributed by atoms with Gasteiger partial charge >= 0.3 is 0 Å². The topological polar surface area (TPSA) is 15.3 Å². The van der Waals surface area contributed by atoms with Crippen LogP contribution in [0.25, 0.3) is 0 Å². The number of allylic oxidation sites excluding steroid dienone is 1. The molecular weight excluding hydrogens is 136 g/mol. The molecule has 0 saturated heterocycles. The molecule has 0 spiro atoms. The van der Waals surface area contributed by atoms with E-state index in [-0.39, 0.29) is 5.41 Å². The lowest BCUT2D eigenvalue weighted by atomic mass is 9.92. The van der Waals surface area contributed by atoms with Crippen molar-refractivity contribution in [1.29, 1.82) is 0 Å². The fourth-order valence-electron chi connectivity index (χ4n) is 1.10.